The molecule has 0 radical (unpaired) electrons. The van der Waals surface area contributed by atoms with Gasteiger partial charge >= 0.3 is 0 Å². The molecule has 1 heterocycles. The van der Waals surface area contributed by atoms with Crippen molar-refractivity contribution in [3.05, 3.63) is 106 Å². The summed E-state index contributed by atoms with van der Waals surface area (Å²) in [4.78, 5) is 18.4. The lowest BCUT2D eigenvalue weighted by Crippen LogP contribution is -2.30. The molecule has 4 aromatic rings. The normalized spacial score (nSPS) is 12.2. The monoisotopic (exact) mass is 383 g/mol. The van der Waals surface area contributed by atoms with Gasteiger partial charge in [-0.15, -0.1) is 0 Å². The van der Waals surface area contributed by atoms with Crippen molar-refractivity contribution in [2.24, 2.45) is 0 Å². The molecule has 0 aliphatic rings. The van der Waals surface area contributed by atoms with E-state index < -0.39 is 0 Å². The molecule has 4 nitrogen and oxygen atoms in total. The minimum Gasteiger partial charge on any atom is -0.303 e. The number of aryl methyl sites for hydroxylation is 2. The van der Waals surface area contributed by atoms with E-state index in [-0.39, 0.29) is 11.6 Å². The zero-order valence-corrected chi connectivity index (χ0v) is 17.0. The van der Waals surface area contributed by atoms with Crippen LogP contribution in [-0.2, 0) is 6.54 Å². The highest BCUT2D eigenvalue weighted by atomic mass is 16.1. The quantitative estimate of drug-likeness (QED) is 0.536. The third-order valence-corrected chi connectivity index (χ3v) is 5.25. The minimum absolute atomic E-state index is 0.0346. The van der Waals surface area contributed by atoms with E-state index in [2.05, 4.69) is 42.6 Å². The summed E-state index contributed by atoms with van der Waals surface area (Å²) in [6.45, 7) is 6.83. The molecule has 0 aliphatic carbocycles. The number of fused-ring (bicyclic) bond motifs is 1. The highest BCUT2D eigenvalue weighted by molar-refractivity contribution is 5.78. The van der Waals surface area contributed by atoms with Crippen LogP contribution in [0.5, 0.6) is 0 Å². The van der Waals surface area contributed by atoms with E-state index in [4.69, 9.17) is 4.98 Å². The fourth-order valence-corrected chi connectivity index (χ4v) is 3.59. The van der Waals surface area contributed by atoms with E-state index in [0.29, 0.717) is 11.9 Å². The summed E-state index contributed by atoms with van der Waals surface area (Å²) in [6, 6.07) is 23.9. The summed E-state index contributed by atoms with van der Waals surface area (Å²) in [5, 5.41) is 4.16. The Hall–Kier alpha value is -3.24. The number of hydrogen-bond acceptors (Lipinski definition) is 3. The lowest BCUT2D eigenvalue weighted by Gasteiger charge is -2.21. The number of rotatable bonds is 5. The molecule has 0 saturated carbocycles. The molecular formula is C25H25N3O. The predicted octanol–water partition coefficient (Wildman–Crippen LogP) is 4.85. The van der Waals surface area contributed by atoms with E-state index >= 15 is 0 Å². The van der Waals surface area contributed by atoms with Crippen molar-refractivity contribution in [2.75, 3.05) is 0 Å². The zero-order chi connectivity index (χ0) is 20.4. The van der Waals surface area contributed by atoms with Gasteiger partial charge < -0.3 is 5.32 Å². The second kappa shape index (κ2) is 8.02. The minimum atomic E-state index is -0.104. The Labute approximate surface area is 170 Å². The molecule has 3 aromatic carbocycles. The van der Waals surface area contributed by atoms with Crippen LogP contribution in [0.25, 0.3) is 16.6 Å². The smallest absolute Gasteiger partial charge is 0.266 e. The Morgan fingerprint density at radius 2 is 1.69 bits per heavy atom. The molecule has 1 aromatic heterocycles. The number of nitrogens with zero attached hydrogens (tertiary/aromatic N) is 2. The van der Waals surface area contributed by atoms with Crippen LogP contribution in [0.3, 0.4) is 0 Å². The first kappa shape index (κ1) is 19.1. The van der Waals surface area contributed by atoms with Crippen LogP contribution in [-0.4, -0.2) is 9.55 Å². The van der Waals surface area contributed by atoms with Gasteiger partial charge in [-0.3, -0.25) is 9.36 Å². The maximum Gasteiger partial charge on any atom is 0.266 e. The van der Waals surface area contributed by atoms with Crippen molar-refractivity contribution in [1.82, 2.24) is 14.9 Å². The molecule has 0 spiro atoms. The summed E-state index contributed by atoms with van der Waals surface area (Å²) in [5.41, 5.74) is 4.93. The standard InChI is InChI=1S/C25H25N3O/c1-17-13-14-18(2)23(15-17)28-24(19(3)26-16-20-9-5-4-6-10-20)27-22-12-8-7-11-21(22)25(28)29/h4-15,19,26H,16H2,1-3H3. The Morgan fingerprint density at radius 3 is 2.48 bits per heavy atom. The second-order valence-electron chi connectivity index (χ2n) is 7.51. The Kier molecular flexibility index (Phi) is 5.28. The number of hydrogen-bond donors (Lipinski definition) is 1. The Balaban J connectivity index is 1.85. The van der Waals surface area contributed by atoms with Crippen LogP contribution in [0.2, 0.25) is 0 Å². The molecule has 0 aliphatic heterocycles. The number of nitrogens with one attached hydrogen (secondary N) is 1. The van der Waals surface area contributed by atoms with Crippen molar-refractivity contribution in [3.8, 4) is 5.69 Å². The molecular weight excluding hydrogens is 358 g/mol. The molecule has 0 fully saturated rings. The number of benzene rings is 3. The average Bonchev–Trinajstić information content (AvgIpc) is 2.74. The molecule has 29 heavy (non-hydrogen) atoms. The van der Waals surface area contributed by atoms with Crippen molar-refractivity contribution < 1.29 is 0 Å². The van der Waals surface area contributed by atoms with E-state index in [1.165, 1.54) is 5.56 Å². The van der Waals surface area contributed by atoms with Gasteiger partial charge in [-0.05, 0) is 55.7 Å². The van der Waals surface area contributed by atoms with Gasteiger partial charge in [-0.25, -0.2) is 4.98 Å². The molecule has 0 saturated heterocycles. The molecule has 1 atom stereocenters. The number of aromatic nitrogens is 2. The zero-order valence-electron chi connectivity index (χ0n) is 17.0. The maximum atomic E-state index is 13.5. The SMILES string of the molecule is Cc1ccc(C)c(-n2c(C(C)NCc3ccccc3)nc3ccccc3c2=O)c1. The first-order valence-electron chi connectivity index (χ1n) is 9.91. The van der Waals surface area contributed by atoms with E-state index in [0.717, 1.165) is 28.2 Å². The molecule has 4 rings (SSSR count). The topological polar surface area (TPSA) is 46.9 Å². The third-order valence-electron chi connectivity index (χ3n) is 5.25. The molecule has 0 amide bonds. The average molecular weight is 383 g/mol. The fourth-order valence-electron chi connectivity index (χ4n) is 3.59. The van der Waals surface area contributed by atoms with Gasteiger partial charge in [-0.2, -0.15) is 0 Å². The van der Waals surface area contributed by atoms with Gasteiger partial charge in [0.05, 0.1) is 22.6 Å². The van der Waals surface area contributed by atoms with Crippen LogP contribution in [0, 0.1) is 13.8 Å². The van der Waals surface area contributed by atoms with E-state index in [9.17, 15) is 4.79 Å². The molecule has 1 N–H and O–H groups in total. The van der Waals surface area contributed by atoms with Gasteiger partial charge in [0.15, 0.2) is 0 Å². The summed E-state index contributed by atoms with van der Waals surface area (Å²) < 4.78 is 1.77. The van der Waals surface area contributed by atoms with Crippen LogP contribution in [0.15, 0.2) is 77.6 Å². The second-order valence-corrected chi connectivity index (χ2v) is 7.51. The number of para-hydroxylation sites is 1. The van der Waals surface area contributed by atoms with Gasteiger partial charge in [-0.1, -0.05) is 54.6 Å². The van der Waals surface area contributed by atoms with E-state index in [1.54, 1.807) is 4.57 Å². The van der Waals surface area contributed by atoms with Crippen molar-refractivity contribution >= 4 is 10.9 Å². The Bertz CT molecular complexity index is 1210. The molecule has 1 unspecified atom stereocenters. The first-order valence-corrected chi connectivity index (χ1v) is 9.91. The highest BCUT2D eigenvalue weighted by Crippen LogP contribution is 2.21. The van der Waals surface area contributed by atoms with Crippen LogP contribution in [0.1, 0.15) is 35.5 Å². The molecule has 4 heteroatoms. The van der Waals surface area contributed by atoms with Gasteiger partial charge in [0, 0.05) is 6.54 Å². The van der Waals surface area contributed by atoms with Crippen LogP contribution < -0.4 is 10.9 Å². The van der Waals surface area contributed by atoms with Gasteiger partial charge in [0.1, 0.15) is 5.82 Å². The molecule has 146 valence electrons. The van der Waals surface area contributed by atoms with Crippen LogP contribution in [0.4, 0.5) is 0 Å². The first-order chi connectivity index (χ1) is 14.0. The maximum absolute atomic E-state index is 13.5. The van der Waals surface area contributed by atoms with E-state index in [1.807, 2.05) is 56.3 Å². The predicted molar refractivity (Wildman–Crippen MR) is 119 cm³/mol. The van der Waals surface area contributed by atoms with Gasteiger partial charge in [0.25, 0.3) is 5.56 Å². The lowest BCUT2D eigenvalue weighted by molar-refractivity contribution is 0.532. The summed E-state index contributed by atoms with van der Waals surface area (Å²) >= 11 is 0. The van der Waals surface area contributed by atoms with Crippen molar-refractivity contribution in [3.63, 3.8) is 0 Å². The van der Waals surface area contributed by atoms with Crippen molar-refractivity contribution in [1.29, 1.82) is 0 Å². The van der Waals surface area contributed by atoms with Crippen molar-refractivity contribution in [2.45, 2.75) is 33.4 Å². The lowest BCUT2D eigenvalue weighted by atomic mass is 10.1. The summed E-state index contributed by atoms with van der Waals surface area (Å²) in [5.74, 6) is 0.721. The third kappa shape index (κ3) is 3.84. The Morgan fingerprint density at radius 1 is 0.966 bits per heavy atom. The highest BCUT2D eigenvalue weighted by Gasteiger charge is 2.19. The summed E-state index contributed by atoms with van der Waals surface area (Å²) in [7, 11) is 0. The molecule has 0 bridgehead atoms. The summed E-state index contributed by atoms with van der Waals surface area (Å²) in [6.07, 6.45) is 0. The van der Waals surface area contributed by atoms with Crippen LogP contribution >= 0.6 is 0 Å². The van der Waals surface area contributed by atoms with Gasteiger partial charge in [0.2, 0.25) is 0 Å². The fraction of sp³-hybridized carbons (Fsp3) is 0.200. The largest absolute Gasteiger partial charge is 0.303 e.